The lowest BCUT2D eigenvalue weighted by Crippen LogP contribution is -2.15. The number of methoxy groups -OCH3 is 2. The number of fused-ring (bicyclic) bond motifs is 5. The normalized spacial score (nSPS) is 26.1. The molecule has 3 saturated carbocycles. The SMILES string of the molecule is C1CC2C3CCC(C3)C2C1.C=CC(=O)OCCOC.C=CC(=O)OCCOC. The zero-order valence-corrected chi connectivity index (χ0v) is 17.4. The monoisotopic (exact) mass is 396 g/mol. The number of hydrogen-bond donors (Lipinski definition) is 0. The maximum Gasteiger partial charge on any atom is 0.330 e. The van der Waals surface area contributed by atoms with Gasteiger partial charge >= 0.3 is 11.9 Å². The molecule has 3 fully saturated rings. The van der Waals surface area contributed by atoms with Gasteiger partial charge < -0.3 is 18.9 Å². The van der Waals surface area contributed by atoms with E-state index in [1.807, 2.05) is 0 Å². The molecule has 0 aromatic rings. The average Bonchev–Trinajstić information content (AvgIpc) is 3.44. The van der Waals surface area contributed by atoms with Crippen molar-refractivity contribution in [1.82, 2.24) is 0 Å². The van der Waals surface area contributed by atoms with E-state index in [9.17, 15) is 9.59 Å². The zero-order chi connectivity index (χ0) is 20.8. The van der Waals surface area contributed by atoms with Crippen LogP contribution in [-0.2, 0) is 28.5 Å². The van der Waals surface area contributed by atoms with Crippen molar-refractivity contribution in [3.8, 4) is 0 Å². The quantitative estimate of drug-likeness (QED) is 0.355. The number of rotatable bonds is 8. The van der Waals surface area contributed by atoms with E-state index in [-0.39, 0.29) is 0 Å². The van der Waals surface area contributed by atoms with Gasteiger partial charge in [0.25, 0.3) is 0 Å². The molecular formula is C22H36O6. The van der Waals surface area contributed by atoms with E-state index in [0.29, 0.717) is 26.4 Å². The third kappa shape index (κ3) is 8.57. The summed E-state index contributed by atoms with van der Waals surface area (Å²) in [5.74, 6) is 3.98. The summed E-state index contributed by atoms with van der Waals surface area (Å²) >= 11 is 0. The van der Waals surface area contributed by atoms with Crippen molar-refractivity contribution < 1.29 is 28.5 Å². The third-order valence-electron chi connectivity index (χ3n) is 5.75. The number of carbonyl (C=O) groups is 2. The topological polar surface area (TPSA) is 71.1 Å². The standard InChI is InChI=1S/C10H16.2C6H10O3/c1-2-9-7-4-5-8(6-7)10(9)3-1;2*1-3-6(7)9-5-4-8-2/h7-10H,1-6H2;2*3H,1,4-5H2,2H3. The Morgan fingerprint density at radius 2 is 1.21 bits per heavy atom. The summed E-state index contributed by atoms with van der Waals surface area (Å²) in [5, 5.41) is 0. The first kappa shape index (κ1) is 24.4. The van der Waals surface area contributed by atoms with Crippen LogP contribution in [0.2, 0.25) is 0 Å². The van der Waals surface area contributed by atoms with Gasteiger partial charge in [-0.15, -0.1) is 0 Å². The van der Waals surface area contributed by atoms with Crippen LogP contribution in [0.1, 0.15) is 38.5 Å². The summed E-state index contributed by atoms with van der Waals surface area (Å²) in [6.07, 6.45) is 11.8. The molecule has 3 aliphatic rings. The van der Waals surface area contributed by atoms with Gasteiger partial charge in [0.2, 0.25) is 0 Å². The molecule has 0 saturated heterocycles. The lowest BCUT2D eigenvalue weighted by molar-refractivity contribution is -0.139. The van der Waals surface area contributed by atoms with Crippen LogP contribution in [-0.4, -0.2) is 52.6 Å². The van der Waals surface area contributed by atoms with E-state index < -0.39 is 11.9 Å². The van der Waals surface area contributed by atoms with Gasteiger partial charge in [0.05, 0.1) is 13.2 Å². The van der Waals surface area contributed by atoms with Gasteiger partial charge in [-0.3, -0.25) is 0 Å². The minimum atomic E-state index is -0.410. The maximum absolute atomic E-state index is 10.3. The van der Waals surface area contributed by atoms with Crippen molar-refractivity contribution in [3.63, 3.8) is 0 Å². The fourth-order valence-corrected chi connectivity index (χ4v) is 4.59. The summed E-state index contributed by atoms with van der Waals surface area (Å²) in [4.78, 5) is 20.6. The summed E-state index contributed by atoms with van der Waals surface area (Å²) < 4.78 is 18.3. The zero-order valence-electron chi connectivity index (χ0n) is 17.4. The molecule has 28 heavy (non-hydrogen) atoms. The van der Waals surface area contributed by atoms with Gasteiger partial charge in [0.1, 0.15) is 13.2 Å². The van der Waals surface area contributed by atoms with Crippen molar-refractivity contribution in [2.75, 3.05) is 40.6 Å². The van der Waals surface area contributed by atoms with Crippen LogP contribution >= 0.6 is 0 Å². The van der Waals surface area contributed by atoms with E-state index in [0.717, 1.165) is 12.2 Å². The first-order valence-corrected chi connectivity index (χ1v) is 10.1. The van der Waals surface area contributed by atoms with Crippen molar-refractivity contribution >= 4 is 11.9 Å². The molecule has 0 aromatic carbocycles. The van der Waals surface area contributed by atoms with Crippen LogP contribution in [0.25, 0.3) is 0 Å². The summed E-state index contributed by atoms with van der Waals surface area (Å²) in [6.45, 7) is 7.89. The molecule has 6 heteroatoms. The Morgan fingerprint density at radius 1 is 0.786 bits per heavy atom. The molecular weight excluding hydrogens is 360 g/mol. The van der Waals surface area contributed by atoms with Gasteiger partial charge in [0.15, 0.2) is 0 Å². The summed E-state index contributed by atoms with van der Waals surface area (Å²) in [6, 6.07) is 0. The molecule has 0 radical (unpaired) electrons. The fraction of sp³-hybridized carbons (Fsp3) is 0.727. The van der Waals surface area contributed by atoms with Gasteiger partial charge in [0, 0.05) is 26.4 Å². The lowest BCUT2D eigenvalue weighted by Gasteiger charge is -2.23. The van der Waals surface area contributed by atoms with Crippen molar-refractivity contribution in [3.05, 3.63) is 25.3 Å². The second-order valence-electron chi connectivity index (χ2n) is 7.32. The summed E-state index contributed by atoms with van der Waals surface area (Å²) in [7, 11) is 3.09. The largest absolute Gasteiger partial charge is 0.460 e. The Kier molecular flexibility index (Phi) is 12.5. The van der Waals surface area contributed by atoms with Crippen LogP contribution in [0.3, 0.4) is 0 Å². The number of hydrogen-bond acceptors (Lipinski definition) is 6. The number of carbonyl (C=O) groups excluding carboxylic acids is 2. The van der Waals surface area contributed by atoms with E-state index in [4.69, 9.17) is 0 Å². The third-order valence-corrected chi connectivity index (χ3v) is 5.75. The van der Waals surface area contributed by atoms with Gasteiger partial charge in [-0.05, 0) is 55.8 Å². The molecule has 4 unspecified atom stereocenters. The van der Waals surface area contributed by atoms with Gasteiger partial charge in [-0.25, -0.2) is 9.59 Å². The summed E-state index contributed by atoms with van der Waals surface area (Å²) in [5.41, 5.74) is 0. The molecule has 0 aromatic heterocycles. The number of esters is 2. The van der Waals surface area contributed by atoms with Gasteiger partial charge in [-0.1, -0.05) is 19.6 Å². The van der Waals surface area contributed by atoms with Crippen LogP contribution in [0.5, 0.6) is 0 Å². The van der Waals surface area contributed by atoms with E-state index in [2.05, 4.69) is 32.1 Å². The average molecular weight is 397 g/mol. The predicted octanol–water partition coefficient (Wildman–Crippen LogP) is 3.56. The molecule has 6 nitrogen and oxygen atoms in total. The molecule has 0 amide bonds. The fourth-order valence-electron chi connectivity index (χ4n) is 4.59. The molecule has 160 valence electrons. The molecule has 2 bridgehead atoms. The Morgan fingerprint density at radius 3 is 1.57 bits per heavy atom. The van der Waals surface area contributed by atoms with E-state index >= 15 is 0 Å². The highest BCUT2D eigenvalue weighted by molar-refractivity contribution is 5.81. The van der Waals surface area contributed by atoms with Crippen LogP contribution in [0.4, 0.5) is 0 Å². The predicted molar refractivity (Wildman–Crippen MR) is 108 cm³/mol. The maximum atomic E-state index is 10.3. The molecule has 3 rings (SSSR count). The Balaban J connectivity index is 0.000000211. The molecule has 0 heterocycles. The lowest BCUT2D eigenvalue weighted by atomic mass is 9.82. The molecule has 4 atom stereocenters. The van der Waals surface area contributed by atoms with Crippen LogP contribution in [0.15, 0.2) is 25.3 Å². The molecule has 0 spiro atoms. The van der Waals surface area contributed by atoms with Crippen molar-refractivity contribution in [1.29, 1.82) is 0 Å². The molecule has 0 N–H and O–H groups in total. The van der Waals surface area contributed by atoms with E-state index in [1.54, 1.807) is 52.7 Å². The highest BCUT2D eigenvalue weighted by Crippen LogP contribution is 2.58. The Bertz CT molecular complexity index is 447. The Hall–Kier alpha value is -1.66. The minimum absolute atomic E-state index is 0.293. The minimum Gasteiger partial charge on any atom is -0.460 e. The first-order valence-electron chi connectivity index (χ1n) is 10.1. The Labute approximate surface area is 169 Å². The smallest absolute Gasteiger partial charge is 0.330 e. The highest BCUT2D eigenvalue weighted by atomic mass is 16.6. The molecule has 3 aliphatic carbocycles. The first-order chi connectivity index (χ1) is 13.6. The van der Waals surface area contributed by atoms with Crippen LogP contribution < -0.4 is 0 Å². The molecule has 0 aliphatic heterocycles. The van der Waals surface area contributed by atoms with Crippen molar-refractivity contribution in [2.24, 2.45) is 23.7 Å². The van der Waals surface area contributed by atoms with Crippen molar-refractivity contribution in [2.45, 2.75) is 38.5 Å². The van der Waals surface area contributed by atoms with Gasteiger partial charge in [-0.2, -0.15) is 0 Å². The highest BCUT2D eigenvalue weighted by Gasteiger charge is 2.48. The second-order valence-corrected chi connectivity index (χ2v) is 7.32. The van der Waals surface area contributed by atoms with E-state index in [1.165, 1.54) is 23.7 Å². The van der Waals surface area contributed by atoms with Crippen LogP contribution in [0, 0.1) is 23.7 Å². The number of ether oxygens (including phenoxy) is 4. The second kappa shape index (κ2) is 14.4.